The summed E-state index contributed by atoms with van der Waals surface area (Å²) in [5, 5.41) is 14.2. The average molecular weight is 469 g/mol. The third-order valence-corrected chi connectivity index (χ3v) is 8.09. The van der Waals surface area contributed by atoms with Gasteiger partial charge in [-0.1, -0.05) is 18.1 Å². The van der Waals surface area contributed by atoms with Gasteiger partial charge in [-0.2, -0.15) is 13.2 Å². The number of nitrogens with zero attached hydrogens (tertiary/aromatic N) is 1. The number of benzene rings is 2. The highest BCUT2D eigenvalue weighted by Gasteiger charge is 2.54. The predicted octanol–water partition coefficient (Wildman–Crippen LogP) is 4.25. The number of amides is 1. The fourth-order valence-electron chi connectivity index (χ4n) is 6.41. The zero-order valence-electron chi connectivity index (χ0n) is 19.0. The highest BCUT2D eigenvalue weighted by molar-refractivity contribution is 5.94. The second-order valence-corrected chi connectivity index (χ2v) is 9.76. The topological polar surface area (TPSA) is 52.6 Å². The number of halogens is 3. The van der Waals surface area contributed by atoms with Gasteiger partial charge in [-0.05, 0) is 86.0 Å². The summed E-state index contributed by atoms with van der Waals surface area (Å²) in [6.45, 7) is 0.911. The quantitative estimate of drug-likeness (QED) is 0.616. The van der Waals surface area contributed by atoms with Crippen LogP contribution in [0, 0.1) is 17.8 Å². The van der Waals surface area contributed by atoms with Crippen LogP contribution in [0.1, 0.15) is 47.9 Å². The summed E-state index contributed by atoms with van der Waals surface area (Å²) in [5.41, 5.74) is 1.79. The molecule has 5 rings (SSSR count). The summed E-state index contributed by atoms with van der Waals surface area (Å²) >= 11 is 0. The summed E-state index contributed by atoms with van der Waals surface area (Å²) in [5.74, 6) is 5.80. The highest BCUT2D eigenvalue weighted by Crippen LogP contribution is 2.55. The van der Waals surface area contributed by atoms with Gasteiger partial charge in [0, 0.05) is 36.0 Å². The van der Waals surface area contributed by atoms with Crippen LogP contribution in [0.2, 0.25) is 0 Å². The van der Waals surface area contributed by atoms with Crippen molar-refractivity contribution in [2.24, 2.45) is 5.92 Å². The van der Waals surface area contributed by atoms with Gasteiger partial charge >= 0.3 is 6.18 Å². The number of piperidine rings is 1. The van der Waals surface area contributed by atoms with E-state index in [0.717, 1.165) is 56.3 Å². The molecule has 2 N–H and O–H groups in total. The van der Waals surface area contributed by atoms with E-state index in [2.05, 4.69) is 23.2 Å². The lowest BCUT2D eigenvalue weighted by molar-refractivity contribution is -0.137. The van der Waals surface area contributed by atoms with Crippen molar-refractivity contribution in [2.45, 2.75) is 55.8 Å². The molecule has 2 fully saturated rings. The maximum Gasteiger partial charge on any atom is 0.416 e. The van der Waals surface area contributed by atoms with E-state index in [4.69, 9.17) is 0 Å². The Hall–Kier alpha value is -2.98. The van der Waals surface area contributed by atoms with Crippen LogP contribution in [-0.2, 0) is 22.8 Å². The predicted molar refractivity (Wildman–Crippen MR) is 122 cm³/mol. The number of rotatable bonds is 1. The van der Waals surface area contributed by atoms with E-state index < -0.39 is 11.7 Å². The zero-order valence-corrected chi connectivity index (χ0v) is 19.0. The molecule has 1 aliphatic heterocycles. The summed E-state index contributed by atoms with van der Waals surface area (Å²) in [6.07, 6.45) is 0.0656. The Morgan fingerprint density at radius 1 is 1.18 bits per heavy atom. The lowest BCUT2D eigenvalue weighted by Crippen LogP contribution is -2.62. The number of hydrogen-bond acceptors (Lipinski definition) is 3. The van der Waals surface area contributed by atoms with E-state index in [0.29, 0.717) is 23.3 Å². The number of alkyl halides is 3. The Morgan fingerprint density at radius 3 is 2.68 bits per heavy atom. The Labute approximate surface area is 197 Å². The van der Waals surface area contributed by atoms with E-state index in [1.54, 1.807) is 18.0 Å². The second kappa shape index (κ2) is 8.35. The van der Waals surface area contributed by atoms with Gasteiger partial charge in [-0.15, -0.1) is 0 Å². The van der Waals surface area contributed by atoms with Crippen molar-refractivity contribution < 1.29 is 23.1 Å². The molecule has 2 aliphatic carbocycles. The van der Waals surface area contributed by atoms with E-state index in [1.807, 2.05) is 6.07 Å². The number of carbonyl (C=O) groups is 1. The number of phenols is 1. The van der Waals surface area contributed by atoms with E-state index in [9.17, 15) is 23.1 Å². The average Bonchev–Trinajstić information content (AvgIpc) is 2.82. The molecular formula is C27H27F3N2O2. The molecule has 4 atom stereocenters. The number of fused-ring (bicyclic) bond motifs is 1. The molecular weight excluding hydrogens is 441 g/mol. The number of nitrogens with one attached hydrogen (secondary N) is 1. The Kier molecular flexibility index (Phi) is 5.60. The zero-order chi connectivity index (χ0) is 24.1. The SMILES string of the molecule is CN(C(=O)C#Cc1ccc(C(F)(F)F)cc1)[C@@H]1CC[C@H]2[C@H]3Cc4c(O)cccc4[C@@]2(CCN3)C1. The van der Waals surface area contributed by atoms with Crippen molar-refractivity contribution in [3.63, 3.8) is 0 Å². The molecule has 0 unspecified atom stereocenters. The van der Waals surface area contributed by atoms with Crippen molar-refractivity contribution in [1.82, 2.24) is 10.2 Å². The number of hydrogen-bond donors (Lipinski definition) is 2. The molecule has 3 aliphatic rings. The summed E-state index contributed by atoms with van der Waals surface area (Å²) in [6, 6.07) is 10.7. The molecule has 2 aromatic carbocycles. The monoisotopic (exact) mass is 468 g/mol. The number of carbonyl (C=O) groups excluding carboxylic acids is 1. The molecule has 0 radical (unpaired) electrons. The van der Waals surface area contributed by atoms with Crippen LogP contribution >= 0.6 is 0 Å². The van der Waals surface area contributed by atoms with Crippen LogP contribution in [-0.4, -0.2) is 41.6 Å². The first kappa shape index (κ1) is 22.8. The standard InChI is InChI=1S/C27H27F3N2O2/c1-32(25(34)12-7-17-5-8-18(9-6-17)27(28,29)30)19-10-11-22-23-15-20-21(3-2-4-24(20)33)26(22,16-19)13-14-31-23/h2-6,8-9,19,22-23,31,33H,10-11,13-16H2,1H3/t19-,22+,23-,26-/m1/s1. The minimum Gasteiger partial charge on any atom is -0.508 e. The minimum absolute atomic E-state index is 0.0118. The number of aromatic hydroxyl groups is 1. The van der Waals surface area contributed by atoms with Gasteiger partial charge in [0.2, 0.25) is 0 Å². The molecule has 1 amide bonds. The van der Waals surface area contributed by atoms with Crippen LogP contribution in [0.25, 0.3) is 0 Å². The molecule has 0 aromatic heterocycles. The lowest BCUT2D eigenvalue weighted by Gasteiger charge is -2.58. The van der Waals surface area contributed by atoms with Gasteiger partial charge in [0.1, 0.15) is 5.75 Å². The van der Waals surface area contributed by atoms with Crippen molar-refractivity contribution in [3.8, 4) is 17.6 Å². The largest absolute Gasteiger partial charge is 0.508 e. The van der Waals surface area contributed by atoms with Gasteiger partial charge in [0.05, 0.1) is 5.56 Å². The maximum absolute atomic E-state index is 12.9. The molecule has 2 aromatic rings. The van der Waals surface area contributed by atoms with Crippen molar-refractivity contribution >= 4 is 5.91 Å². The van der Waals surface area contributed by atoms with Gasteiger partial charge in [-0.25, -0.2) is 0 Å². The van der Waals surface area contributed by atoms with Crippen LogP contribution < -0.4 is 5.32 Å². The number of phenolic OH excluding ortho intramolecular Hbond substituents is 1. The minimum atomic E-state index is -4.40. The van der Waals surface area contributed by atoms with Crippen molar-refractivity contribution in [2.75, 3.05) is 13.6 Å². The first-order chi connectivity index (χ1) is 16.2. The molecule has 2 bridgehead atoms. The Balaban J connectivity index is 1.36. The van der Waals surface area contributed by atoms with Crippen LogP contribution in [0.4, 0.5) is 13.2 Å². The second-order valence-electron chi connectivity index (χ2n) is 9.76. The molecule has 34 heavy (non-hydrogen) atoms. The summed E-state index contributed by atoms with van der Waals surface area (Å²) in [7, 11) is 1.76. The first-order valence-electron chi connectivity index (χ1n) is 11.7. The van der Waals surface area contributed by atoms with Crippen LogP contribution in [0.15, 0.2) is 42.5 Å². The fraction of sp³-hybridized carbons (Fsp3) is 0.444. The Morgan fingerprint density at radius 2 is 1.94 bits per heavy atom. The highest BCUT2D eigenvalue weighted by atomic mass is 19.4. The molecule has 1 saturated carbocycles. The molecule has 0 spiro atoms. The normalized spacial score (nSPS) is 27.6. The summed E-state index contributed by atoms with van der Waals surface area (Å²) < 4.78 is 38.3. The fourth-order valence-corrected chi connectivity index (χ4v) is 6.41. The molecule has 1 heterocycles. The Bertz CT molecular complexity index is 1170. The molecule has 4 nitrogen and oxygen atoms in total. The lowest BCUT2D eigenvalue weighted by atomic mass is 9.52. The first-order valence-corrected chi connectivity index (χ1v) is 11.7. The van der Waals surface area contributed by atoms with E-state index in [1.165, 1.54) is 17.7 Å². The van der Waals surface area contributed by atoms with Crippen LogP contribution in [0.5, 0.6) is 5.75 Å². The van der Waals surface area contributed by atoms with Crippen molar-refractivity contribution in [3.05, 3.63) is 64.7 Å². The maximum atomic E-state index is 12.9. The smallest absolute Gasteiger partial charge is 0.416 e. The van der Waals surface area contributed by atoms with Gasteiger partial charge < -0.3 is 15.3 Å². The van der Waals surface area contributed by atoms with Crippen molar-refractivity contribution in [1.29, 1.82) is 0 Å². The van der Waals surface area contributed by atoms with Gasteiger partial charge in [-0.3, -0.25) is 4.79 Å². The molecule has 1 saturated heterocycles. The molecule has 178 valence electrons. The third kappa shape index (κ3) is 3.84. The van der Waals surface area contributed by atoms with E-state index >= 15 is 0 Å². The van der Waals surface area contributed by atoms with Gasteiger partial charge in [0.15, 0.2) is 0 Å². The summed E-state index contributed by atoms with van der Waals surface area (Å²) in [4.78, 5) is 14.6. The molecule has 7 heteroatoms. The van der Waals surface area contributed by atoms with Gasteiger partial charge in [0.25, 0.3) is 5.91 Å². The third-order valence-electron chi connectivity index (χ3n) is 8.09. The van der Waals surface area contributed by atoms with Crippen LogP contribution in [0.3, 0.4) is 0 Å². The van der Waals surface area contributed by atoms with E-state index in [-0.39, 0.29) is 17.4 Å².